The summed E-state index contributed by atoms with van der Waals surface area (Å²) in [5.74, 6) is -0.654. The number of carboxylic acids is 1. The van der Waals surface area contributed by atoms with Gasteiger partial charge in [-0.2, -0.15) is 0 Å². The molecule has 0 aromatic heterocycles. The highest BCUT2D eigenvalue weighted by molar-refractivity contribution is 5.99. The van der Waals surface area contributed by atoms with Gasteiger partial charge in [-0.15, -0.1) is 0 Å². The second kappa shape index (κ2) is 6.94. The number of nitrogens with zero attached hydrogens (tertiary/aromatic N) is 1. The summed E-state index contributed by atoms with van der Waals surface area (Å²) in [4.78, 5) is 22.1. The molecule has 29 heavy (non-hydrogen) atoms. The number of carboxylic acid groups (broad SMARTS) is 1. The Kier molecular flexibility index (Phi) is 4.43. The average Bonchev–Trinajstić information content (AvgIpc) is 2.68. The highest BCUT2D eigenvalue weighted by atomic mass is 16.6. The van der Waals surface area contributed by atoms with Gasteiger partial charge in [0.05, 0.1) is 27.9 Å². The minimum atomic E-state index is -1.27. The average molecular weight is 390 g/mol. The lowest BCUT2D eigenvalue weighted by Crippen LogP contribution is -2.10. The Morgan fingerprint density at radius 1 is 1.03 bits per heavy atom. The summed E-state index contributed by atoms with van der Waals surface area (Å²) in [5.41, 5.74) is 4.91. The van der Waals surface area contributed by atoms with E-state index < -0.39 is 10.9 Å². The van der Waals surface area contributed by atoms with Crippen LogP contribution in [-0.2, 0) is 6.42 Å². The Labute approximate surface area is 166 Å². The van der Waals surface area contributed by atoms with Gasteiger partial charge >= 0.3 is 5.97 Å². The Morgan fingerprint density at radius 3 is 2.45 bits per heavy atom. The first kappa shape index (κ1) is 18.5. The summed E-state index contributed by atoms with van der Waals surface area (Å²) in [5, 5.41) is 23.6. The molecule has 0 saturated carbocycles. The fourth-order valence-electron chi connectivity index (χ4n) is 3.35. The minimum Gasteiger partial charge on any atom is -0.478 e. The van der Waals surface area contributed by atoms with Gasteiger partial charge in [0.15, 0.2) is 11.5 Å². The smallest absolute Gasteiger partial charge is 0.338 e. The quantitative estimate of drug-likeness (QED) is 0.360. The van der Waals surface area contributed by atoms with Crippen molar-refractivity contribution in [3.05, 3.63) is 86.5 Å². The van der Waals surface area contributed by atoms with E-state index in [-0.39, 0.29) is 22.7 Å². The zero-order valence-electron chi connectivity index (χ0n) is 15.9. The lowest BCUT2D eigenvalue weighted by atomic mass is 9.99. The second-order valence-corrected chi connectivity index (χ2v) is 7.08. The molecule has 1 heterocycles. The monoisotopic (exact) mass is 390 g/mol. The molecule has 0 fully saturated rings. The minimum absolute atomic E-state index is 0.118. The number of nitrogens with one attached hydrogen (secondary N) is 1. The highest BCUT2D eigenvalue weighted by Crippen LogP contribution is 2.45. The van der Waals surface area contributed by atoms with Crippen LogP contribution in [0, 0.1) is 24.0 Å². The van der Waals surface area contributed by atoms with E-state index >= 15 is 0 Å². The number of hydrogen-bond acceptors (Lipinski definition) is 5. The predicted molar refractivity (Wildman–Crippen MR) is 109 cm³/mol. The number of non-ortho nitro benzene ring substituents is 1. The summed E-state index contributed by atoms with van der Waals surface area (Å²) in [7, 11) is 0. The maximum absolute atomic E-state index is 11.6. The van der Waals surface area contributed by atoms with Gasteiger partial charge in [-0.1, -0.05) is 24.3 Å². The van der Waals surface area contributed by atoms with Crippen molar-refractivity contribution in [1.29, 1.82) is 0 Å². The molecule has 3 aromatic rings. The molecular weight excluding hydrogens is 372 g/mol. The number of anilines is 2. The first-order chi connectivity index (χ1) is 13.8. The Hall–Kier alpha value is -3.87. The van der Waals surface area contributed by atoms with Gasteiger partial charge in [0.25, 0.3) is 5.69 Å². The van der Waals surface area contributed by atoms with Crippen molar-refractivity contribution in [1.82, 2.24) is 0 Å². The van der Waals surface area contributed by atoms with E-state index in [2.05, 4.69) is 37.4 Å². The zero-order valence-corrected chi connectivity index (χ0v) is 15.9. The molecule has 7 heteroatoms. The van der Waals surface area contributed by atoms with Gasteiger partial charge in [0.1, 0.15) is 0 Å². The van der Waals surface area contributed by atoms with Crippen LogP contribution in [0.2, 0.25) is 0 Å². The molecule has 0 radical (unpaired) electrons. The van der Waals surface area contributed by atoms with Crippen LogP contribution >= 0.6 is 0 Å². The molecule has 146 valence electrons. The SMILES string of the molecule is Cc1ccc(Cc2ccc3c(c2)Oc2cc([N+](=O)[O-])cc(C(=O)O)c2N3)cc1C. The van der Waals surface area contributed by atoms with E-state index in [1.807, 2.05) is 18.2 Å². The molecule has 4 rings (SSSR count). The summed E-state index contributed by atoms with van der Waals surface area (Å²) in [6.45, 7) is 4.14. The van der Waals surface area contributed by atoms with Gasteiger partial charge in [-0.25, -0.2) is 4.79 Å². The van der Waals surface area contributed by atoms with Crippen LogP contribution in [0.5, 0.6) is 11.5 Å². The lowest BCUT2D eigenvalue weighted by Gasteiger charge is -2.23. The van der Waals surface area contributed by atoms with E-state index in [9.17, 15) is 20.0 Å². The number of nitro groups is 1. The lowest BCUT2D eigenvalue weighted by molar-refractivity contribution is -0.384. The predicted octanol–water partition coefficient (Wildman–Crippen LogP) is 5.35. The van der Waals surface area contributed by atoms with Crippen LogP contribution in [0.3, 0.4) is 0 Å². The zero-order chi connectivity index (χ0) is 20.7. The van der Waals surface area contributed by atoms with Crippen molar-refractivity contribution in [2.24, 2.45) is 0 Å². The van der Waals surface area contributed by atoms with Gasteiger partial charge < -0.3 is 15.2 Å². The van der Waals surface area contributed by atoms with Crippen molar-refractivity contribution >= 4 is 23.0 Å². The Morgan fingerprint density at radius 2 is 1.76 bits per heavy atom. The van der Waals surface area contributed by atoms with E-state index in [0.29, 0.717) is 17.9 Å². The number of fused-ring (bicyclic) bond motifs is 2. The molecule has 3 aromatic carbocycles. The van der Waals surface area contributed by atoms with Crippen molar-refractivity contribution in [3.63, 3.8) is 0 Å². The fourth-order valence-corrected chi connectivity index (χ4v) is 3.35. The maximum Gasteiger partial charge on any atom is 0.338 e. The molecule has 0 unspecified atom stereocenters. The molecule has 1 aliphatic heterocycles. The van der Waals surface area contributed by atoms with E-state index in [1.54, 1.807) is 0 Å². The summed E-state index contributed by atoms with van der Waals surface area (Å²) in [6, 6.07) is 14.2. The van der Waals surface area contributed by atoms with Crippen molar-refractivity contribution < 1.29 is 19.6 Å². The number of carbonyl (C=O) groups is 1. The molecule has 2 N–H and O–H groups in total. The van der Waals surface area contributed by atoms with Crippen LogP contribution in [0.15, 0.2) is 48.5 Å². The number of nitro benzene ring substituents is 1. The second-order valence-electron chi connectivity index (χ2n) is 7.08. The fraction of sp³-hybridized carbons (Fsp3) is 0.136. The third-order valence-electron chi connectivity index (χ3n) is 5.03. The summed E-state index contributed by atoms with van der Waals surface area (Å²) >= 11 is 0. The normalized spacial score (nSPS) is 11.7. The third kappa shape index (κ3) is 3.50. The molecule has 1 aliphatic rings. The first-order valence-corrected chi connectivity index (χ1v) is 9.01. The number of aromatic carboxylic acids is 1. The van der Waals surface area contributed by atoms with Gasteiger partial charge in [-0.3, -0.25) is 10.1 Å². The van der Waals surface area contributed by atoms with Crippen LogP contribution in [-0.4, -0.2) is 16.0 Å². The number of benzene rings is 3. The highest BCUT2D eigenvalue weighted by Gasteiger charge is 2.26. The van der Waals surface area contributed by atoms with E-state index in [1.165, 1.54) is 22.8 Å². The van der Waals surface area contributed by atoms with Crippen molar-refractivity contribution in [2.45, 2.75) is 20.3 Å². The molecular formula is C22H18N2O5. The van der Waals surface area contributed by atoms with Crippen LogP contribution in [0.4, 0.5) is 17.1 Å². The summed E-state index contributed by atoms with van der Waals surface area (Å²) < 4.78 is 5.85. The topological polar surface area (TPSA) is 102 Å². The number of rotatable bonds is 4. The molecule has 0 spiro atoms. The number of hydrogen-bond donors (Lipinski definition) is 2. The molecule has 0 bridgehead atoms. The van der Waals surface area contributed by atoms with Gasteiger partial charge in [0, 0.05) is 6.07 Å². The van der Waals surface area contributed by atoms with Crippen molar-refractivity contribution in [3.8, 4) is 11.5 Å². The number of ether oxygens (including phenoxy) is 1. The van der Waals surface area contributed by atoms with Gasteiger partial charge in [-0.05, 0) is 54.7 Å². The molecule has 0 saturated heterocycles. The van der Waals surface area contributed by atoms with Crippen LogP contribution < -0.4 is 10.1 Å². The Bertz CT molecular complexity index is 1170. The Balaban J connectivity index is 1.68. The van der Waals surface area contributed by atoms with Crippen LogP contribution in [0.1, 0.15) is 32.6 Å². The standard InChI is InChI=1S/C22H18N2O5/c1-12-3-4-14(7-13(12)2)8-15-5-6-18-19(9-15)29-20-11-16(24(27)28)10-17(22(25)26)21(20)23-18/h3-7,9-11,23H,8H2,1-2H3,(H,25,26). The van der Waals surface area contributed by atoms with Gasteiger partial charge in [0.2, 0.25) is 0 Å². The first-order valence-electron chi connectivity index (χ1n) is 9.01. The van der Waals surface area contributed by atoms with E-state index in [4.69, 9.17) is 4.74 Å². The molecule has 0 atom stereocenters. The molecule has 7 nitrogen and oxygen atoms in total. The third-order valence-corrected chi connectivity index (χ3v) is 5.03. The van der Waals surface area contributed by atoms with Crippen LogP contribution in [0.25, 0.3) is 0 Å². The largest absolute Gasteiger partial charge is 0.478 e. The number of aryl methyl sites for hydroxylation is 2. The molecule has 0 aliphatic carbocycles. The maximum atomic E-state index is 11.6. The molecule has 0 amide bonds. The van der Waals surface area contributed by atoms with Crippen molar-refractivity contribution in [2.75, 3.05) is 5.32 Å². The summed E-state index contributed by atoms with van der Waals surface area (Å²) in [6.07, 6.45) is 0.708. The van der Waals surface area contributed by atoms with E-state index in [0.717, 1.165) is 11.6 Å².